The largest absolute Gasteiger partial charge is 0.264 e. The third kappa shape index (κ3) is 3.26. The molecule has 0 amide bonds. The van der Waals surface area contributed by atoms with Crippen LogP contribution in [0.5, 0.6) is 0 Å². The molecule has 1 aromatic carbocycles. The Kier molecular flexibility index (Phi) is 3.96. The van der Waals surface area contributed by atoms with Crippen molar-refractivity contribution in [3.63, 3.8) is 0 Å². The van der Waals surface area contributed by atoms with E-state index in [0.717, 1.165) is 16.7 Å². The van der Waals surface area contributed by atoms with Crippen LogP contribution in [0.25, 0.3) is 34.2 Å². The minimum atomic E-state index is 0.595. The van der Waals surface area contributed by atoms with Crippen LogP contribution in [0.1, 0.15) is 5.56 Å². The van der Waals surface area contributed by atoms with E-state index in [1.165, 1.54) is 5.56 Å². The first kappa shape index (κ1) is 15.1. The lowest BCUT2D eigenvalue weighted by molar-refractivity contribution is 1.07. The summed E-state index contributed by atoms with van der Waals surface area (Å²) in [6.45, 7) is 2.05. The molecule has 0 unspecified atom stereocenters. The van der Waals surface area contributed by atoms with Gasteiger partial charge in [-0.05, 0) is 31.2 Å². The molecule has 4 aromatic rings. The second-order valence-electron chi connectivity index (χ2n) is 5.66. The Morgan fingerprint density at radius 1 is 0.560 bits per heavy atom. The summed E-state index contributed by atoms with van der Waals surface area (Å²) in [5.41, 5.74) is 3.84. The van der Waals surface area contributed by atoms with Gasteiger partial charge < -0.3 is 0 Å². The molecule has 5 heteroatoms. The van der Waals surface area contributed by atoms with Gasteiger partial charge in [-0.3, -0.25) is 9.97 Å². The maximum atomic E-state index is 4.65. The molecule has 4 rings (SSSR count). The van der Waals surface area contributed by atoms with Crippen molar-refractivity contribution in [3.8, 4) is 34.2 Å². The molecule has 0 aliphatic heterocycles. The second-order valence-corrected chi connectivity index (χ2v) is 5.66. The van der Waals surface area contributed by atoms with Gasteiger partial charge in [0.25, 0.3) is 0 Å². The monoisotopic (exact) mass is 325 g/mol. The molecule has 3 heterocycles. The highest BCUT2D eigenvalue weighted by molar-refractivity contribution is 5.65. The molecule has 0 atom stereocenters. The van der Waals surface area contributed by atoms with Gasteiger partial charge in [0.2, 0.25) is 0 Å². The van der Waals surface area contributed by atoms with E-state index in [-0.39, 0.29) is 0 Å². The third-order valence-electron chi connectivity index (χ3n) is 3.78. The maximum absolute atomic E-state index is 4.65. The number of aromatic nitrogens is 5. The number of aryl methyl sites for hydroxylation is 1. The van der Waals surface area contributed by atoms with Crippen LogP contribution in [0.15, 0.2) is 73.3 Å². The van der Waals surface area contributed by atoms with E-state index in [1.807, 2.05) is 48.5 Å². The van der Waals surface area contributed by atoms with Gasteiger partial charge in [-0.15, -0.1) is 0 Å². The molecule has 0 bridgehead atoms. The van der Waals surface area contributed by atoms with Gasteiger partial charge >= 0.3 is 0 Å². The molecule has 25 heavy (non-hydrogen) atoms. The molecule has 0 spiro atoms. The summed E-state index contributed by atoms with van der Waals surface area (Å²) in [6.07, 6.45) is 6.96. The SMILES string of the molecule is Cc1ccc(-c2nc(-c3cccnc3)nc(-c3cccnc3)n2)cc1. The smallest absolute Gasteiger partial charge is 0.165 e. The molecule has 0 radical (unpaired) electrons. The van der Waals surface area contributed by atoms with Crippen molar-refractivity contribution >= 4 is 0 Å². The maximum Gasteiger partial charge on any atom is 0.165 e. The molecular formula is C20H15N5. The van der Waals surface area contributed by atoms with Crippen LogP contribution < -0.4 is 0 Å². The Morgan fingerprint density at radius 3 is 1.48 bits per heavy atom. The number of benzene rings is 1. The van der Waals surface area contributed by atoms with Gasteiger partial charge in [-0.25, -0.2) is 15.0 Å². The summed E-state index contributed by atoms with van der Waals surface area (Å²) in [6, 6.07) is 15.8. The van der Waals surface area contributed by atoms with Crippen molar-refractivity contribution in [1.29, 1.82) is 0 Å². The molecule has 0 saturated heterocycles. The fourth-order valence-electron chi connectivity index (χ4n) is 2.46. The van der Waals surface area contributed by atoms with Crippen LogP contribution in [0.2, 0.25) is 0 Å². The van der Waals surface area contributed by atoms with Crippen molar-refractivity contribution in [3.05, 3.63) is 78.9 Å². The number of hydrogen-bond acceptors (Lipinski definition) is 5. The van der Waals surface area contributed by atoms with Gasteiger partial charge in [0.05, 0.1) is 0 Å². The lowest BCUT2D eigenvalue weighted by atomic mass is 10.1. The van der Waals surface area contributed by atoms with Crippen molar-refractivity contribution in [2.45, 2.75) is 6.92 Å². The van der Waals surface area contributed by atoms with E-state index < -0.39 is 0 Å². The Morgan fingerprint density at radius 2 is 1.04 bits per heavy atom. The number of pyridine rings is 2. The molecule has 5 nitrogen and oxygen atoms in total. The van der Waals surface area contributed by atoms with Crippen molar-refractivity contribution in [1.82, 2.24) is 24.9 Å². The summed E-state index contributed by atoms with van der Waals surface area (Å²) < 4.78 is 0. The van der Waals surface area contributed by atoms with E-state index in [4.69, 9.17) is 0 Å². The highest BCUT2D eigenvalue weighted by Crippen LogP contribution is 2.23. The van der Waals surface area contributed by atoms with E-state index in [1.54, 1.807) is 24.8 Å². The van der Waals surface area contributed by atoms with Gasteiger partial charge in [-0.1, -0.05) is 29.8 Å². The minimum absolute atomic E-state index is 0.595. The summed E-state index contributed by atoms with van der Waals surface area (Å²) in [4.78, 5) is 22.2. The van der Waals surface area contributed by atoms with Crippen LogP contribution in [-0.2, 0) is 0 Å². The zero-order valence-corrected chi connectivity index (χ0v) is 13.7. The topological polar surface area (TPSA) is 64.5 Å². The molecule has 0 N–H and O–H groups in total. The Labute approximate surface area is 145 Å². The first-order valence-corrected chi connectivity index (χ1v) is 7.93. The predicted molar refractivity (Wildman–Crippen MR) is 96.5 cm³/mol. The standard InChI is InChI=1S/C20H15N5/c1-14-6-8-15(9-7-14)18-23-19(16-4-2-10-21-12-16)25-20(24-18)17-5-3-11-22-13-17/h2-13H,1H3. The minimum Gasteiger partial charge on any atom is -0.264 e. The fraction of sp³-hybridized carbons (Fsp3) is 0.0500. The average molecular weight is 325 g/mol. The molecule has 120 valence electrons. The van der Waals surface area contributed by atoms with Gasteiger partial charge in [0.15, 0.2) is 17.5 Å². The summed E-state index contributed by atoms with van der Waals surface area (Å²) in [5.74, 6) is 1.82. The van der Waals surface area contributed by atoms with E-state index >= 15 is 0 Å². The van der Waals surface area contributed by atoms with Crippen molar-refractivity contribution in [2.75, 3.05) is 0 Å². The first-order chi connectivity index (χ1) is 12.3. The third-order valence-corrected chi connectivity index (χ3v) is 3.78. The molecular weight excluding hydrogens is 310 g/mol. The highest BCUT2D eigenvalue weighted by atomic mass is 15.0. The zero-order chi connectivity index (χ0) is 17.1. The molecule has 3 aromatic heterocycles. The lowest BCUT2D eigenvalue weighted by Gasteiger charge is -2.08. The number of hydrogen-bond donors (Lipinski definition) is 0. The van der Waals surface area contributed by atoms with Crippen LogP contribution in [0.4, 0.5) is 0 Å². The van der Waals surface area contributed by atoms with Crippen LogP contribution in [0.3, 0.4) is 0 Å². The van der Waals surface area contributed by atoms with E-state index in [2.05, 4.69) is 31.8 Å². The normalized spacial score (nSPS) is 10.6. The van der Waals surface area contributed by atoms with Crippen molar-refractivity contribution < 1.29 is 0 Å². The van der Waals surface area contributed by atoms with Gasteiger partial charge in [0.1, 0.15) is 0 Å². The summed E-state index contributed by atoms with van der Waals surface area (Å²) in [7, 11) is 0. The lowest BCUT2D eigenvalue weighted by Crippen LogP contribution is -2.00. The summed E-state index contributed by atoms with van der Waals surface area (Å²) in [5, 5.41) is 0. The number of rotatable bonds is 3. The van der Waals surface area contributed by atoms with Gasteiger partial charge in [-0.2, -0.15) is 0 Å². The molecule has 0 saturated carbocycles. The molecule has 0 aliphatic rings. The zero-order valence-electron chi connectivity index (χ0n) is 13.7. The molecule has 0 fully saturated rings. The van der Waals surface area contributed by atoms with Gasteiger partial charge in [0, 0.05) is 41.5 Å². The molecule has 0 aliphatic carbocycles. The van der Waals surface area contributed by atoms with E-state index in [9.17, 15) is 0 Å². The highest BCUT2D eigenvalue weighted by Gasteiger charge is 2.12. The summed E-state index contributed by atoms with van der Waals surface area (Å²) >= 11 is 0. The van der Waals surface area contributed by atoms with Crippen LogP contribution >= 0.6 is 0 Å². The quantitative estimate of drug-likeness (QED) is 0.570. The Hall–Kier alpha value is -3.47. The number of nitrogens with zero attached hydrogens (tertiary/aromatic N) is 5. The fourth-order valence-corrected chi connectivity index (χ4v) is 2.46. The average Bonchev–Trinajstić information content (AvgIpc) is 2.69. The first-order valence-electron chi connectivity index (χ1n) is 7.93. The predicted octanol–water partition coefficient (Wildman–Crippen LogP) is 3.97. The van der Waals surface area contributed by atoms with Crippen molar-refractivity contribution in [2.24, 2.45) is 0 Å². The van der Waals surface area contributed by atoms with Crippen LogP contribution in [-0.4, -0.2) is 24.9 Å². The Bertz CT molecular complexity index is 926. The van der Waals surface area contributed by atoms with Crippen LogP contribution in [0, 0.1) is 6.92 Å². The van der Waals surface area contributed by atoms with E-state index in [0.29, 0.717) is 17.5 Å². The second kappa shape index (κ2) is 6.57. The Balaban J connectivity index is 1.90.